The third kappa shape index (κ3) is 3.05. The van der Waals surface area contributed by atoms with Crippen molar-refractivity contribution in [2.24, 2.45) is 0 Å². The maximum Gasteiger partial charge on any atom is 0.130 e. The lowest BCUT2D eigenvalue weighted by molar-refractivity contribution is 0.520. The van der Waals surface area contributed by atoms with Gasteiger partial charge in [0.15, 0.2) is 0 Å². The van der Waals surface area contributed by atoms with Gasteiger partial charge in [-0.25, -0.2) is 8.78 Å². The predicted octanol–water partition coefficient (Wildman–Crippen LogP) is 4.08. The molecule has 1 unspecified atom stereocenters. The number of hydrogen-bond donors (Lipinski definition) is 1. The van der Waals surface area contributed by atoms with Crippen LogP contribution in [0.1, 0.15) is 28.3 Å². The Kier molecular flexibility index (Phi) is 4.50. The summed E-state index contributed by atoms with van der Waals surface area (Å²) in [5, 5.41) is 3.12. The fourth-order valence-corrected chi connectivity index (χ4v) is 2.53. The van der Waals surface area contributed by atoms with Crippen molar-refractivity contribution in [3.05, 3.63) is 70.3 Å². The molecule has 2 rings (SSSR count). The first kappa shape index (κ1) is 14.7. The van der Waals surface area contributed by atoms with E-state index in [1.165, 1.54) is 28.8 Å². The molecular weight excluding hydrogens is 256 g/mol. The molecule has 0 radical (unpaired) electrons. The molecule has 0 aromatic heterocycles. The van der Waals surface area contributed by atoms with Crippen LogP contribution in [-0.2, 0) is 6.42 Å². The molecule has 1 N–H and O–H groups in total. The molecule has 2 aromatic rings. The highest BCUT2D eigenvalue weighted by Crippen LogP contribution is 2.25. The van der Waals surface area contributed by atoms with Gasteiger partial charge in [-0.3, -0.25) is 0 Å². The number of halogens is 2. The normalized spacial score (nSPS) is 12.4. The minimum absolute atomic E-state index is 0.171. The first-order valence-electron chi connectivity index (χ1n) is 6.70. The first-order valence-corrected chi connectivity index (χ1v) is 6.70. The summed E-state index contributed by atoms with van der Waals surface area (Å²) in [4.78, 5) is 0. The summed E-state index contributed by atoms with van der Waals surface area (Å²) >= 11 is 0. The van der Waals surface area contributed by atoms with E-state index in [9.17, 15) is 8.78 Å². The van der Waals surface area contributed by atoms with Crippen molar-refractivity contribution < 1.29 is 8.78 Å². The molecule has 0 aliphatic rings. The predicted molar refractivity (Wildman–Crippen MR) is 77.8 cm³/mol. The van der Waals surface area contributed by atoms with Crippen molar-refractivity contribution in [3.8, 4) is 0 Å². The number of nitrogens with one attached hydrogen (secondary N) is 1. The van der Waals surface area contributed by atoms with Gasteiger partial charge < -0.3 is 5.32 Å². The van der Waals surface area contributed by atoms with Crippen LogP contribution < -0.4 is 5.32 Å². The number of likely N-dealkylation sites (N-methyl/N-ethyl adjacent to an activating group) is 1. The fraction of sp³-hybridized carbons (Fsp3) is 0.294. The van der Waals surface area contributed by atoms with E-state index in [1.54, 1.807) is 7.05 Å². The van der Waals surface area contributed by atoms with Crippen LogP contribution >= 0.6 is 0 Å². The smallest absolute Gasteiger partial charge is 0.130 e. The molecule has 0 aliphatic heterocycles. The van der Waals surface area contributed by atoms with Gasteiger partial charge in [-0.05, 0) is 50.1 Å². The van der Waals surface area contributed by atoms with E-state index in [-0.39, 0.29) is 6.04 Å². The van der Waals surface area contributed by atoms with Crippen molar-refractivity contribution >= 4 is 0 Å². The van der Waals surface area contributed by atoms with Crippen molar-refractivity contribution in [2.75, 3.05) is 7.05 Å². The van der Waals surface area contributed by atoms with Crippen LogP contribution in [-0.4, -0.2) is 7.05 Å². The van der Waals surface area contributed by atoms with Gasteiger partial charge in [0, 0.05) is 17.7 Å². The molecule has 106 valence electrons. The van der Waals surface area contributed by atoms with Gasteiger partial charge in [0.1, 0.15) is 11.6 Å². The van der Waals surface area contributed by atoms with E-state index in [2.05, 4.69) is 31.3 Å². The van der Waals surface area contributed by atoms with E-state index in [4.69, 9.17) is 0 Å². The molecule has 0 bridgehead atoms. The van der Waals surface area contributed by atoms with Crippen LogP contribution in [0.4, 0.5) is 8.78 Å². The third-order valence-electron chi connectivity index (χ3n) is 3.74. The summed E-state index contributed by atoms with van der Waals surface area (Å²) in [6.07, 6.45) is 0.678. The Morgan fingerprint density at radius 2 is 1.70 bits per heavy atom. The highest BCUT2D eigenvalue weighted by Gasteiger charge is 2.17. The summed E-state index contributed by atoms with van der Waals surface area (Å²) in [7, 11) is 1.79. The zero-order valence-corrected chi connectivity index (χ0v) is 12.0. The molecule has 0 saturated carbocycles. The lowest BCUT2D eigenvalue weighted by Crippen LogP contribution is -2.21. The fourth-order valence-electron chi connectivity index (χ4n) is 2.53. The maximum absolute atomic E-state index is 13.9. The molecule has 0 fully saturated rings. The van der Waals surface area contributed by atoms with Gasteiger partial charge >= 0.3 is 0 Å². The van der Waals surface area contributed by atoms with Crippen molar-refractivity contribution in [1.29, 1.82) is 0 Å². The second-order valence-corrected chi connectivity index (χ2v) is 5.08. The van der Waals surface area contributed by atoms with Gasteiger partial charge in [-0.1, -0.05) is 24.3 Å². The zero-order valence-electron chi connectivity index (χ0n) is 12.0. The number of benzene rings is 2. The van der Waals surface area contributed by atoms with Crippen LogP contribution in [0.3, 0.4) is 0 Å². The van der Waals surface area contributed by atoms with Crippen molar-refractivity contribution in [2.45, 2.75) is 26.3 Å². The van der Waals surface area contributed by atoms with Crippen LogP contribution in [0.25, 0.3) is 0 Å². The maximum atomic E-state index is 13.9. The second-order valence-electron chi connectivity index (χ2n) is 5.08. The molecule has 0 aliphatic carbocycles. The Hall–Kier alpha value is -1.74. The summed E-state index contributed by atoms with van der Waals surface area (Å²) in [5.74, 6) is -1.05. The number of hydrogen-bond acceptors (Lipinski definition) is 1. The first-order chi connectivity index (χ1) is 9.52. The molecule has 1 atom stereocenters. The van der Waals surface area contributed by atoms with E-state index in [1.807, 2.05) is 6.07 Å². The summed E-state index contributed by atoms with van der Waals surface area (Å²) in [6.45, 7) is 4.10. The summed E-state index contributed by atoms with van der Waals surface area (Å²) in [6, 6.07) is 9.69. The van der Waals surface area contributed by atoms with E-state index in [0.29, 0.717) is 12.0 Å². The molecular formula is C17H19F2N. The molecule has 20 heavy (non-hydrogen) atoms. The summed E-state index contributed by atoms with van der Waals surface area (Å²) in [5.41, 5.74) is 4.08. The van der Waals surface area contributed by atoms with Crippen LogP contribution in [0, 0.1) is 25.5 Å². The molecule has 0 spiro atoms. The van der Waals surface area contributed by atoms with Crippen LogP contribution in [0.5, 0.6) is 0 Å². The molecule has 0 amide bonds. The highest BCUT2D eigenvalue weighted by molar-refractivity contribution is 5.35. The van der Waals surface area contributed by atoms with Gasteiger partial charge in [0.2, 0.25) is 0 Å². The van der Waals surface area contributed by atoms with E-state index < -0.39 is 11.6 Å². The minimum Gasteiger partial charge on any atom is -0.313 e. The quantitative estimate of drug-likeness (QED) is 0.886. The Balaban J connectivity index is 2.34. The van der Waals surface area contributed by atoms with Crippen molar-refractivity contribution in [1.82, 2.24) is 5.32 Å². The topological polar surface area (TPSA) is 12.0 Å². The average Bonchev–Trinajstić information content (AvgIpc) is 2.40. The van der Waals surface area contributed by atoms with E-state index >= 15 is 0 Å². The highest BCUT2D eigenvalue weighted by atomic mass is 19.1. The van der Waals surface area contributed by atoms with Gasteiger partial charge in [0.25, 0.3) is 0 Å². The Morgan fingerprint density at radius 1 is 1.05 bits per heavy atom. The van der Waals surface area contributed by atoms with Crippen molar-refractivity contribution in [3.63, 3.8) is 0 Å². The number of aryl methyl sites for hydroxylation is 2. The van der Waals surface area contributed by atoms with E-state index in [0.717, 1.165) is 6.07 Å². The largest absolute Gasteiger partial charge is 0.313 e. The standard InChI is InChI=1S/C17H19F2N/c1-11-5-4-6-12(2)15(11)10-17(20-3)14-8-7-13(18)9-16(14)19/h4-9,17,20H,10H2,1-3H3. The molecule has 0 saturated heterocycles. The monoisotopic (exact) mass is 275 g/mol. The average molecular weight is 275 g/mol. The van der Waals surface area contributed by atoms with Crippen LogP contribution in [0.2, 0.25) is 0 Å². The van der Waals surface area contributed by atoms with Gasteiger partial charge in [-0.15, -0.1) is 0 Å². The Bertz CT molecular complexity index is 588. The zero-order chi connectivity index (χ0) is 14.7. The number of rotatable bonds is 4. The molecule has 1 nitrogen and oxygen atoms in total. The van der Waals surface area contributed by atoms with Gasteiger partial charge in [-0.2, -0.15) is 0 Å². The lowest BCUT2D eigenvalue weighted by atomic mass is 9.93. The van der Waals surface area contributed by atoms with Gasteiger partial charge in [0.05, 0.1) is 0 Å². The molecule has 0 heterocycles. The SMILES string of the molecule is CNC(Cc1c(C)cccc1C)c1ccc(F)cc1F. The minimum atomic E-state index is -0.548. The molecule has 3 heteroatoms. The lowest BCUT2D eigenvalue weighted by Gasteiger charge is -2.20. The van der Waals surface area contributed by atoms with Crippen LogP contribution in [0.15, 0.2) is 36.4 Å². The third-order valence-corrected chi connectivity index (χ3v) is 3.74. The Labute approximate surface area is 118 Å². The molecule has 2 aromatic carbocycles. The second kappa shape index (κ2) is 6.14. The Morgan fingerprint density at radius 3 is 2.25 bits per heavy atom. The summed E-state index contributed by atoms with van der Waals surface area (Å²) < 4.78 is 26.9.